The van der Waals surface area contributed by atoms with Crippen molar-refractivity contribution in [3.63, 3.8) is 0 Å². The highest BCUT2D eigenvalue weighted by Gasteiger charge is 2.29. The molecule has 1 aromatic heterocycles. The molecule has 21 heavy (non-hydrogen) atoms. The summed E-state index contributed by atoms with van der Waals surface area (Å²) >= 11 is 0. The van der Waals surface area contributed by atoms with Gasteiger partial charge in [-0.3, -0.25) is 4.79 Å². The Balaban J connectivity index is 1.72. The van der Waals surface area contributed by atoms with E-state index in [1.54, 1.807) is 11.0 Å². The molecule has 6 nitrogen and oxygen atoms in total. The summed E-state index contributed by atoms with van der Waals surface area (Å²) in [6, 6.07) is 8.10. The van der Waals surface area contributed by atoms with Crippen molar-refractivity contribution in [3.05, 3.63) is 42.5 Å². The minimum Gasteiger partial charge on any atom is -0.339 e. The molecule has 1 N–H and O–H groups in total. The molecule has 3 rings (SSSR count). The molecule has 6 heteroatoms. The second kappa shape index (κ2) is 5.65. The second-order valence-corrected chi connectivity index (χ2v) is 5.41. The van der Waals surface area contributed by atoms with Gasteiger partial charge >= 0.3 is 0 Å². The summed E-state index contributed by atoms with van der Waals surface area (Å²) in [7, 11) is 1.87. The van der Waals surface area contributed by atoms with E-state index in [2.05, 4.69) is 22.3 Å². The lowest BCUT2D eigenvalue weighted by Gasteiger charge is -2.33. The number of benzene rings is 1. The van der Waals surface area contributed by atoms with E-state index in [9.17, 15) is 4.79 Å². The van der Waals surface area contributed by atoms with Crippen LogP contribution in [0.2, 0.25) is 0 Å². The molecule has 0 radical (unpaired) electrons. The monoisotopic (exact) mass is 285 g/mol. The lowest BCUT2D eigenvalue weighted by atomic mass is 9.99. The molecule has 0 bridgehead atoms. The van der Waals surface area contributed by atoms with Crippen LogP contribution >= 0.6 is 0 Å². The lowest BCUT2D eigenvalue weighted by molar-refractivity contribution is -0.137. The van der Waals surface area contributed by atoms with Gasteiger partial charge in [-0.2, -0.15) is 5.10 Å². The minimum atomic E-state index is 0.0582. The van der Waals surface area contributed by atoms with Gasteiger partial charge in [0.1, 0.15) is 12.7 Å². The summed E-state index contributed by atoms with van der Waals surface area (Å²) in [6.07, 6.45) is 3.17. The molecular formula is C15H19N5O. The Morgan fingerprint density at radius 1 is 1.38 bits per heavy atom. The largest absolute Gasteiger partial charge is 0.339 e. The molecule has 1 amide bonds. The SMILES string of the molecule is CC(c1ccc(-n2cncn2)cc1)N(C)C(=O)C1CNC1. The maximum absolute atomic E-state index is 12.3. The zero-order valence-corrected chi connectivity index (χ0v) is 12.2. The number of hydrogen-bond acceptors (Lipinski definition) is 4. The summed E-state index contributed by atoms with van der Waals surface area (Å²) < 4.78 is 1.71. The first kappa shape index (κ1) is 13.8. The van der Waals surface area contributed by atoms with Crippen molar-refractivity contribution in [3.8, 4) is 5.69 Å². The molecule has 1 saturated heterocycles. The molecule has 0 saturated carbocycles. The average Bonchev–Trinajstić information content (AvgIpc) is 2.98. The van der Waals surface area contributed by atoms with Crippen LogP contribution in [0.1, 0.15) is 18.5 Å². The molecule has 0 aliphatic carbocycles. The summed E-state index contributed by atoms with van der Waals surface area (Å²) in [5.74, 6) is 0.341. The predicted molar refractivity (Wildman–Crippen MR) is 78.9 cm³/mol. The van der Waals surface area contributed by atoms with Gasteiger partial charge < -0.3 is 10.2 Å². The topological polar surface area (TPSA) is 63.1 Å². The number of carbonyl (C=O) groups is 1. The smallest absolute Gasteiger partial charge is 0.228 e. The number of carbonyl (C=O) groups excluding carboxylic acids is 1. The van der Waals surface area contributed by atoms with Gasteiger partial charge in [0.2, 0.25) is 5.91 Å². The summed E-state index contributed by atoms with van der Waals surface area (Å²) in [5.41, 5.74) is 2.07. The van der Waals surface area contributed by atoms with E-state index in [0.29, 0.717) is 0 Å². The molecule has 0 spiro atoms. The lowest BCUT2D eigenvalue weighted by Crippen LogP contribution is -2.51. The highest BCUT2D eigenvalue weighted by molar-refractivity contribution is 5.80. The van der Waals surface area contributed by atoms with Crippen LogP contribution in [0.5, 0.6) is 0 Å². The molecule has 2 heterocycles. The predicted octanol–water partition coefficient (Wildman–Crippen LogP) is 1.01. The van der Waals surface area contributed by atoms with Crippen molar-refractivity contribution in [1.29, 1.82) is 0 Å². The second-order valence-electron chi connectivity index (χ2n) is 5.41. The van der Waals surface area contributed by atoms with E-state index in [1.165, 1.54) is 6.33 Å². The van der Waals surface area contributed by atoms with Crippen LogP contribution in [-0.2, 0) is 4.79 Å². The van der Waals surface area contributed by atoms with E-state index in [-0.39, 0.29) is 17.9 Å². The molecule has 1 atom stereocenters. The molecule has 1 aliphatic heterocycles. The molecule has 1 fully saturated rings. The van der Waals surface area contributed by atoms with E-state index < -0.39 is 0 Å². The third kappa shape index (κ3) is 2.67. The van der Waals surface area contributed by atoms with Crippen LogP contribution in [0.15, 0.2) is 36.9 Å². The van der Waals surface area contributed by atoms with Crippen molar-refractivity contribution in [2.75, 3.05) is 20.1 Å². The van der Waals surface area contributed by atoms with Gasteiger partial charge in [-0.05, 0) is 24.6 Å². The van der Waals surface area contributed by atoms with Gasteiger partial charge in [0.25, 0.3) is 0 Å². The molecular weight excluding hydrogens is 266 g/mol. The van der Waals surface area contributed by atoms with E-state index in [0.717, 1.165) is 24.3 Å². The summed E-state index contributed by atoms with van der Waals surface area (Å²) in [5, 5.41) is 7.24. The first-order chi connectivity index (χ1) is 10.2. The summed E-state index contributed by atoms with van der Waals surface area (Å²) in [6.45, 7) is 3.64. The fraction of sp³-hybridized carbons (Fsp3) is 0.400. The van der Waals surface area contributed by atoms with Crippen LogP contribution in [0.4, 0.5) is 0 Å². The van der Waals surface area contributed by atoms with Gasteiger partial charge in [0.05, 0.1) is 17.6 Å². The Kier molecular flexibility index (Phi) is 3.70. The van der Waals surface area contributed by atoms with Crippen molar-refractivity contribution < 1.29 is 4.79 Å². The van der Waals surface area contributed by atoms with Gasteiger partial charge in [0, 0.05) is 20.1 Å². The number of rotatable bonds is 4. The van der Waals surface area contributed by atoms with Crippen LogP contribution in [0.3, 0.4) is 0 Å². The third-order valence-corrected chi connectivity index (χ3v) is 4.12. The molecule has 110 valence electrons. The Bertz CT molecular complexity index is 604. The van der Waals surface area contributed by atoms with Gasteiger partial charge in [-0.1, -0.05) is 12.1 Å². The Hall–Kier alpha value is -2.21. The highest BCUT2D eigenvalue weighted by atomic mass is 16.2. The fourth-order valence-corrected chi connectivity index (χ4v) is 2.41. The van der Waals surface area contributed by atoms with E-state index in [1.807, 2.05) is 36.2 Å². The van der Waals surface area contributed by atoms with Crippen molar-refractivity contribution in [2.24, 2.45) is 5.92 Å². The van der Waals surface area contributed by atoms with Crippen LogP contribution in [-0.4, -0.2) is 45.7 Å². The van der Waals surface area contributed by atoms with E-state index >= 15 is 0 Å². The zero-order valence-electron chi connectivity index (χ0n) is 12.2. The van der Waals surface area contributed by atoms with Crippen molar-refractivity contribution >= 4 is 5.91 Å². The Morgan fingerprint density at radius 2 is 2.10 bits per heavy atom. The number of nitrogens with one attached hydrogen (secondary N) is 1. The first-order valence-electron chi connectivity index (χ1n) is 7.09. The van der Waals surface area contributed by atoms with E-state index in [4.69, 9.17) is 0 Å². The first-order valence-corrected chi connectivity index (χ1v) is 7.09. The van der Waals surface area contributed by atoms with Crippen molar-refractivity contribution in [1.82, 2.24) is 25.0 Å². The van der Waals surface area contributed by atoms with Crippen LogP contribution in [0.25, 0.3) is 5.69 Å². The van der Waals surface area contributed by atoms with Gasteiger partial charge in [0.15, 0.2) is 0 Å². The number of amides is 1. The van der Waals surface area contributed by atoms with Crippen LogP contribution < -0.4 is 5.32 Å². The Morgan fingerprint density at radius 3 is 2.62 bits per heavy atom. The fourth-order valence-electron chi connectivity index (χ4n) is 2.41. The molecule has 1 aliphatic rings. The normalized spacial score (nSPS) is 16.3. The quantitative estimate of drug-likeness (QED) is 0.910. The number of aromatic nitrogens is 3. The third-order valence-electron chi connectivity index (χ3n) is 4.12. The Labute approximate surface area is 123 Å². The average molecular weight is 285 g/mol. The summed E-state index contributed by atoms with van der Waals surface area (Å²) in [4.78, 5) is 18.0. The zero-order chi connectivity index (χ0) is 14.8. The van der Waals surface area contributed by atoms with Crippen molar-refractivity contribution in [2.45, 2.75) is 13.0 Å². The standard InChI is InChI=1S/C15H19N5O/c1-11(19(2)15(21)13-7-16-8-13)12-3-5-14(6-4-12)20-10-17-9-18-20/h3-6,9-11,13,16H,7-8H2,1-2H3. The molecule has 1 aromatic carbocycles. The number of hydrogen-bond donors (Lipinski definition) is 1. The number of nitrogens with zero attached hydrogens (tertiary/aromatic N) is 4. The van der Waals surface area contributed by atoms with Gasteiger partial charge in [-0.15, -0.1) is 0 Å². The maximum atomic E-state index is 12.3. The molecule has 1 unspecified atom stereocenters. The minimum absolute atomic E-state index is 0.0582. The highest BCUT2D eigenvalue weighted by Crippen LogP contribution is 2.22. The maximum Gasteiger partial charge on any atom is 0.228 e. The molecule has 2 aromatic rings. The van der Waals surface area contributed by atoms with Gasteiger partial charge in [-0.25, -0.2) is 9.67 Å². The van der Waals surface area contributed by atoms with Crippen LogP contribution in [0, 0.1) is 5.92 Å².